The normalized spacial score (nSPS) is 17.0. The van der Waals surface area contributed by atoms with Crippen LogP contribution in [-0.2, 0) is 21.5 Å². The average molecular weight is 367 g/mol. The predicted octanol–water partition coefficient (Wildman–Crippen LogP) is 3.50. The first-order valence-corrected chi connectivity index (χ1v) is 9.76. The smallest absolute Gasteiger partial charge is 0.161 e. The zero-order chi connectivity index (χ0) is 19.3. The summed E-state index contributed by atoms with van der Waals surface area (Å²) < 4.78 is 5.44. The Balaban J connectivity index is 1.88. The second-order valence-electron chi connectivity index (χ2n) is 7.34. The van der Waals surface area contributed by atoms with E-state index in [9.17, 15) is 4.79 Å². The molecule has 0 aliphatic carbocycles. The molecule has 4 heteroatoms. The third-order valence-corrected chi connectivity index (χ3v) is 5.67. The minimum absolute atomic E-state index is 0.236. The molecule has 1 aliphatic rings. The summed E-state index contributed by atoms with van der Waals surface area (Å²) in [5, 5.41) is 0. The van der Waals surface area contributed by atoms with Crippen molar-refractivity contribution in [2.45, 2.75) is 25.3 Å². The highest BCUT2D eigenvalue weighted by Crippen LogP contribution is 2.34. The van der Waals surface area contributed by atoms with Crippen molar-refractivity contribution in [2.75, 3.05) is 45.3 Å². The first-order valence-electron chi connectivity index (χ1n) is 9.76. The van der Waals surface area contributed by atoms with Gasteiger partial charge in [0.15, 0.2) is 5.78 Å². The molecule has 0 aromatic heterocycles. The van der Waals surface area contributed by atoms with Gasteiger partial charge in [0.1, 0.15) is 5.54 Å². The molecule has 0 spiro atoms. The molecular weight excluding hydrogens is 336 g/mol. The number of hydrogen-bond donors (Lipinski definition) is 0. The third kappa shape index (κ3) is 4.07. The molecule has 3 rings (SSSR count). The topological polar surface area (TPSA) is 32.8 Å². The van der Waals surface area contributed by atoms with Crippen LogP contribution < -0.4 is 4.90 Å². The molecular formula is C23H30N2O2. The van der Waals surface area contributed by atoms with Gasteiger partial charge >= 0.3 is 0 Å². The van der Waals surface area contributed by atoms with Crippen LogP contribution in [0.1, 0.15) is 24.5 Å². The monoisotopic (exact) mass is 366 g/mol. The van der Waals surface area contributed by atoms with Crippen LogP contribution >= 0.6 is 0 Å². The maximum absolute atomic E-state index is 13.4. The van der Waals surface area contributed by atoms with Crippen molar-refractivity contribution in [2.24, 2.45) is 0 Å². The molecule has 0 amide bonds. The molecule has 0 radical (unpaired) electrons. The summed E-state index contributed by atoms with van der Waals surface area (Å²) in [4.78, 5) is 17.8. The fourth-order valence-electron chi connectivity index (χ4n) is 4.08. The number of anilines is 1. The SMILES string of the molecule is CCC(C(=O)Cc1ccccc1)(c1ccc(N2CCOCC2)cc1)N(C)C. The Morgan fingerprint density at radius 1 is 1.04 bits per heavy atom. The highest BCUT2D eigenvalue weighted by atomic mass is 16.5. The lowest BCUT2D eigenvalue weighted by atomic mass is 9.79. The second-order valence-corrected chi connectivity index (χ2v) is 7.34. The number of likely N-dealkylation sites (N-methyl/N-ethyl adjacent to an activating group) is 1. The standard InChI is InChI=1S/C23H30N2O2/c1-4-23(24(2)3,22(26)18-19-8-6-5-7-9-19)20-10-12-21(13-11-20)25-14-16-27-17-15-25/h5-13H,4,14-18H2,1-3H3. The molecule has 1 unspecified atom stereocenters. The van der Waals surface area contributed by atoms with E-state index in [2.05, 4.69) is 41.0 Å². The van der Waals surface area contributed by atoms with Gasteiger partial charge in [0.05, 0.1) is 13.2 Å². The minimum Gasteiger partial charge on any atom is -0.378 e. The largest absolute Gasteiger partial charge is 0.378 e. The summed E-state index contributed by atoms with van der Waals surface area (Å²) in [6.07, 6.45) is 1.18. The molecule has 0 saturated carbocycles. The third-order valence-electron chi connectivity index (χ3n) is 5.67. The number of benzene rings is 2. The van der Waals surface area contributed by atoms with Crippen LogP contribution in [0.3, 0.4) is 0 Å². The van der Waals surface area contributed by atoms with E-state index in [1.54, 1.807) is 0 Å². The number of ether oxygens (including phenoxy) is 1. The van der Waals surface area contributed by atoms with E-state index in [-0.39, 0.29) is 5.78 Å². The maximum Gasteiger partial charge on any atom is 0.161 e. The van der Waals surface area contributed by atoms with E-state index in [1.807, 2.05) is 44.4 Å². The van der Waals surface area contributed by atoms with Crippen molar-refractivity contribution in [3.05, 3.63) is 65.7 Å². The van der Waals surface area contributed by atoms with Gasteiger partial charge in [-0.25, -0.2) is 0 Å². The number of nitrogens with zero attached hydrogens (tertiary/aromatic N) is 2. The first-order chi connectivity index (χ1) is 13.1. The van der Waals surface area contributed by atoms with Crippen LogP contribution in [0.15, 0.2) is 54.6 Å². The fraction of sp³-hybridized carbons (Fsp3) is 0.435. The summed E-state index contributed by atoms with van der Waals surface area (Å²) in [5.41, 5.74) is 2.71. The Hall–Kier alpha value is -2.17. The van der Waals surface area contributed by atoms with Gasteiger partial charge in [0.2, 0.25) is 0 Å². The Labute approximate surface area is 162 Å². The highest BCUT2D eigenvalue weighted by Gasteiger charge is 2.40. The number of rotatable bonds is 7. The van der Waals surface area contributed by atoms with Gasteiger partial charge in [0.25, 0.3) is 0 Å². The van der Waals surface area contributed by atoms with E-state index >= 15 is 0 Å². The molecule has 1 atom stereocenters. The zero-order valence-corrected chi connectivity index (χ0v) is 16.6. The summed E-state index contributed by atoms with van der Waals surface area (Å²) >= 11 is 0. The molecule has 2 aromatic carbocycles. The molecule has 27 heavy (non-hydrogen) atoms. The molecule has 1 fully saturated rings. The van der Waals surface area contributed by atoms with Crippen molar-refractivity contribution in [1.82, 2.24) is 4.90 Å². The number of Topliss-reactive ketones (excluding diaryl/α,β-unsaturated/α-hetero) is 1. The molecule has 0 bridgehead atoms. The van der Waals surface area contributed by atoms with E-state index in [1.165, 1.54) is 5.69 Å². The van der Waals surface area contributed by atoms with Crippen LogP contribution in [0.25, 0.3) is 0 Å². The lowest BCUT2D eigenvalue weighted by molar-refractivity contribution is -0.130. The Bertz CT molecular complexity index is 737. The number of ketones is 1. The first kappa shape index (κ1) is 19.6. The summed E-state index contributed by atoms with van der Waals surface area (Å²) in [6, 6.07) is 18.5. The number of carbonyl (C=O) groups is 1. The number of morpholine rings is 1. The summed E-state index contributed by atoms with van der Waals surface area (Å²) in [5.74, 6) is 0.236. The lowest BCUT2D eigenvalue weighted by Crippen LogP contribution is -2.48. The van der Waals surface area contributed by atoms with E-state index in [0.29, 0.717) is 6.42 Å². The van der Waals surface area contributed by atoms with Crippen LogP contribution in [0.5, 0.6) is 0 Å². The molecule has 144 valence electrons. The van der Waals surface area contributed by atoms with E-state index in [4.69, 9.17) is 4.74 Å². The van der Waals surface area contributed by atoms with Crippen LogP contribution in [0.2, 0.25) is 0 Å². The van der Waals surface area contributed by atoms with Crippen LogP contribution in [0, 0.1) is 0 Å². The minimum atomic E-state index is -0.612. The molecule has 1 aliphatic heterocycles. The van der Waals surface area contributed by atoms with Crippen molar-refractivity contribution in [3.63, 3.8) is 0 Å². The molecule has 4 nitrogen and oxygen atoms in total. The van der Waals surface area contributed by atoms with Gasteiger partial charge in [-0.1, -0.05) is 49.4 Å². The van der Waals surface area contributed by atoms with Crippen molar-refractivity contribution >= 4 is 11.5 Å². The van der Waals surface area contributed by atoms with Crippen LogP contribution in [0.4, 0.5) is 5.69 Å². The van der Waals surface area contributed by atoms with Gasteiger partial charge in [-0.2, -0.15) is 0 Å². The average Bonchev–Trinajstić information content (AvgIpc) is 2.70. The summed E-state index contributed by atoms with van der Waals surface area (Å²) in [6.45, 7) is 5.47. The second kappa shape index (κ2) is 8.68. The van der Waals surface area contributed by atoms with Crippen LogP contribution in [-0.4, -0.2) is 51.1 Å². The Kier molecular flexibility index (Phi) is 6.30. The number of carbonyl (C=O) groups excluding carboxylic acids is 1. The van der Waals surface area contributed by atoms with Gasteiger partial charge in [-0.05, 0) is 43.8 Å². The lowest BCUT2D eigenvalue weighted by Gasteiger charge is -2.39. The van der Waals surface area contributed by atoms with E-state index < -0.39 is 5.54 Å². The van der Waals surface area contributed by atoms with Crippen molar-refractivity contribution < 1.29 is 9.53 Å². The Morgan fingerprint density at radius 3 is 2.22 bits per heavy atom. The van der Waals surface area contributed by atoms with Crippen molar-refractivity contribution in [1.29, 1.82) is 0 Å². The maximum atomic E-state index is 13.4. The van der Waals surface area contributed by atoms with Crippen molar-refractivity contribution in [3.8, 4) is 0 Å². The van der Waals surface area contributed by atoms with Gasteiger partial charge in [0, 0.05) is 25.2 Å². The quantitative estimate of drug-likeness (QED) is 0.751. The van der Waals surface area contributed by atoms with Gasteiger partial charge in [-0.15, -0.1) is 0 Å². The molecule has 1 saturated heterocycles. The summed E-state index contributed by atoms with van der Waals surface area (Å²) in [7, 11) is 4.00. The van der Waals surface area contributed by atoms with Gasteiger partial charge < -0.3 is 9.64 Å². The van der Waals surface area contributed by atoms with Gasteiger partial charge in [-0.3, -0.25) is 9.69 Å². The predicted molar refractivity (Wildman–Crippen MR) is 110 cm³/mol. The fourth-order valence-corrected chi connectivity index (χ4v) is 4.08. The molecule has 1 heterocycles. The van der Waals surface area contributed by atoms with E-state index in [0.717, 1.165) is 43.9 Å². The highest BCUT2D eigenvalue weighted by molar-refractivity contribution is 5.91. The molecule has 2 aromatic rings. The number of hydrogen-bond acceptors (Lipinski definition) is 4. The Morgan fingerprint density at radius 2 is 1.67 bits per heavy atom. The zero-order valence-electron chi connectivity index (χ0n) is 16.6. The molecule has 0 N–H and O–H groups in total.